The van der Waals surface area contributed by atoms with Crippen LogP contribution in [0.2, 0.25) is 5.02 Å². The largest absolute Gasteiger partial charge is 0.379 e. The van der Waals surface area contributed by atoms with Crippen molar-refractivity contribution >= 4 is 17.5 Å². The molecule has 0 saturated carbocycles. The molecule has 1 atom stereocenters. The van der Waals surface area contributed by atoms with E-state index < -0.39 is 0 Å². The molecular weight excluding hydrogens is 266 g/mol. The van der Waals surface area contributed by atoms with E-state index in [0.717, 1.165) is 6.42 Å². The summed E-state index contributed by atoms with van der Waals surface area (Å²) in [6, 6.07) is 7.17. The molecule has 0 unspecified atom stereocenters. The fourth-order valence-corrected chi connectivity index (χ4v) is 2.97. The quantitative estimate of drug-likeness (QED) is 0.790. The van der Waals surface area contributed by atoms with Gasteiger partial charge >= 0.3 is 0 Å². The molecule has 19 heavy (non-hydrogen) atoms. The van der Waals surface area contributed by atoms with Crippen LogP contribution < -0.4 is 0 Å². The molecule has 0 bridgehead atoms. The Balaban J connectivity index is 1.91. The maximum Gasteiger partial charge on any atom is 0.256 e. The molecule has 0 aromatic heterocycles. The highest BCUT2D eigenvalue weighted by molar-refractivity contribution is 6.33. The number of ether oxygens (including phenoxy) is 2. The molecule has 0 N–H and O–H groups in total. The molecule has 2 aliphatic heterocycles. The third-order valence-electron chi connectivity index (χ3n) is 3.83. The summed E-state index contributed by atoms with van der Waals surface area (Å²) in [5.41, 5.74) is 0.242. The van der Waals surface area contributed by atoms with Gasteiger partial charge in [-0.2, -0.15) is 0 Å². The van der Waals surface area contributed by atoms with Crippen LogP contribution in [-0.2, 0) is 9.47 Å². The zero-order chi connectivity index (χ0) is 13.3. The Morgan fingerprint density at radius 3 is 2.68 bits per heavy atom. The molecule has 102 valence electrons. The van der Waals surface area contributed by atoms with E-state index in [1.807, 2.05) is 17.0 Å². The Hall–Kier alpha value is -1.10. The predicted octanol–water partition coefficient (Wildman–Crippen LogP) is 1.97. The standard InChI is InChI=1S/C14H16ClNO3/c15-12-4-2-1-3-11(12)13(17)16-6-8-19-10-14(16)5-7-18-9-14/h1-4H,5-10H2/t14-/m0/s1. The Morgan fingerprint density at radius 2 is 1.95 bits per heavy atom. The fraction of sp³-hybridized carbons (Fsp3) is 0.500. The topological polar surface area (TPSA) is 38.8 Å². The van der Waals surface area contributed by atoms with Gasteiger partial charge in [-0.15, -0.1) is 0 Å². The van der Waals surface area contributed by atoms with Crippen molar-refractivity contribution in [3.63, 3.8) is 0 Å². The molecule has 3 rings (SSSR count). The van der Waals surface area contributed by atoms with E-state index in [4.69, 9.17) is 21.1 Å². The van der Waals surface area contributed by atoms with Crippen molar-refractivity contribution in [2.75, 3.05) is 33.0 Å². The van der Waals surface area contributed by atoms with Crippen molar-refractivity contribution in [1.82, 2.24) is 4.90 Å². The molecule has 2 heterocycles. The van der Waals surface area contributed by atoms with Gasteiger partial charge in [-0.1, -0.05) is 23.7 Å². The lowest BCUT2D eigenvalue weighted by atomic mass is 9.94. The highest BCUT2D eigenvalue weighted by Crippen LogP contribution is 2.31. The van der Waals surface area contributed by atoms with E-state index in [1.165, 1.54) is 0 Å². The molecule has 0 aliphatic carbocycles. The van der Waals surface area contributed by atoms with E-state index in [9.17, 15) is 4.79 Å². The van der Waals surface area contributed by atoms with Crippen LogP contribution in [0.25, 0.3) is 0 Å². The van der Waals surface area contributed by atoms with Gasteiger partial charge in [0.2, 0.25) is 0 Å². The summed E-state index contributed by atoms with van der Waals surface area (Å²) in [4.78, 5) is 14.6. The minimum absolute atomic E-state index is 0.0283. The number of amides is 1. The number of carbonyl (C=O) groups excluding carboxylic acids is 1. The van der Waals surface area contributed by atoms with Crippen LogP contribution in [-0.4, -0.2) is 49.3 Å². The van der Waals surface area contributed by atoms with Crippen molar-refractivity contribution in [2.24, 2.45) is 0 Å². The summed E-state index contributed by atoms with van der Waals surface area (Å²) in [6.07, 6.45) is 0.823. The van der Waals surface area contributed by atoms with E-state index in [1.54, 1.807) is 12.1 Å². The molecule has 1 aromatic carbocycles. The van der Waals surface area contributed by atoms with E-state index >= 15 is 0 Å². The fourth-order valence-electron chi connectivity index (χ4n) is 2.75. The Bertz CT molecular complexity index is 485. The van der Waals surface area contributed by atoms with Crippen molar-refractivity contribution in [3.05, 3.63) is 34.9 Å². The smallest absolute Gasteiger partial charge is 0.256 e. The van der Waals surface area contributed by atoms with Gasteiger partial charge in [-0.25, -0.2) is 0 Å². The van der Waals surface area contributed by atoms with Crippen LogP contribution in [0.15, 0.2) is 24.3 Å². The summed E-state index contributed by atoms with van der Waals surface area (Å²) in [5, 5.41) is 0.494. The minimum atomic E-state index is -0.311. The number of rotatable bonds is 1. The first-order chi connectivity index (χ1) is 9.23. The van der Waals surface area contributed by atoms with Gasteiger partial charge in [0.1, 0.15) is 0 Å². The number of hydrogen-bond acceptors (Lipinski definition) is 3. The molecular formula is C14H16ClNO3. The lowest BCUT2D eigenvalue weighted by molar-refractivity contribution is -0.0550. The van der Waals surface area contributed by atoms with Crippen LogP contribution in [0, 0.1) is 0 Å². The normalized spacial score (nSPS) is 26.9. The van der Waals surface area contributed by atoms with Crippen LogP contribution in [0.3, 0.4) is 0 Å². The zero-order valence-electron chi connectivity index (χ0n) is 10.6. The van der Waals surface area contributed by atoms with Gasteiger partial charge in [-0.05, 0) is 18.6 Å². The predicted molar refractivity (Wildman–Crippen MR) is 71.5 cm³/mol. The number of carbonyl (C=O) groups is 1. The number of nitrogens with zero attached hydrogens (tertiary/aromatic N) is 1. The van der Waals surface area contributed by atoms with Gasteiger partial charge in [0.15, 0.2) is 0 Å². The first-order valence-corrected chi connectivity index (χ1v) is 6.83. The van der Waals surface area contributed by atoms with Crippen molar-refractivity contribution in [2.45, 2.75) is 12.0 Å². The van der Waals surface area contributed by atoms with Crippen LogP contribution >= 0.6 is 11.6 Å². The maximum atomic E-state index is 12.7. The van der Waals surface area contributed by atoms with E-state index in [2.05, 4.69) is 0 Å². The third-order valence-corrected chi connectivity index (χ3v) is 4.16. The van der Waals surface area contributed by atoms with E-state index in [0.29, 0.717) is 43.6 Å². The summed E-state index contributed by atoms with van der Waals surface area (Å²) in [7, 11) is 0. The zero-order valence-corrected chi connectivity index (χ0v) is 11.4. The maximum absolute atomic E-state index is 12.7. The molecule has 2 aliphatic rings. The van der Waals surface area contributed by atoms with Crippen LogP contribution in [0.4, 0.5) is 0 Å². The average Bonchev–Trinajstić information content (AvgIpc) is 2.88. The van der Waals surface area contributed by atoms with Crippen molar-refractivity contribution in [3.8, 4) is 0 Å². The molecule has 0 radical (unpaired) electrons. The number of morpholine rings is 1. The monoisotopic (exact) mass is 281 g/mol. The second kappa shape index (κ2) is 5.12. The third kappa shape index (κ3) is 2.24. The molecule has 1 amide bonds. The summed E-state index contributed by atoms with van der Waals surface area (Å²) in [6.45, 7) is 2.92. The van der Waals surface area contributed by atoms with Gasteiger partial charge in [0.05, 0.1) is 35.9 Å². The molecule has 2 saturated heterocycles. The highest BCUT2D eigenvalue weighted by Gasteiger charge is 2.45. The molecule has 2 fully saturated rings. The number of halogens is 1. The molecule has 5 heteroatoms. The van der Waals surface area contributed by atoms with Crippen molar-refractivity contribution in [1.29, 1.82) is 0 Å². The molecule has 1 aromatic rings. The second-order valence-electron chi connectivity index (χ2n) is 5.02. The number of benzene rings is 1. The second-order valence-corrected chi connectivity index (χ2v) is 5.42. The number of hydrogen-bond donors (Lipinski definition) is 0. The first-order valence-electron chi connectivity index (χ1n) is 6.45. The molecule has 1 spiro atoms. The van der Waals surface area contributed by atoms with Crippen LogP contribution in [0.5, 0.6) is 0 Å². The summed E-state index contributed by atoms with van der Waals surface area (Å²) in [5.74, 6) is -0.0283. The van der Waals surface area contributed by atoms with Crippen molar-refractivity contribution < 1.29 is 14.3 Å². The van der Waals surface area contributed by atoms with Gasteiger partial charge in [0.25, 0.3) is 5.91 Å². The van der Waals surface area contributed by atoms with Gasteiger partial charge in [-0.3, -0.25) is 4.79 Å². The Morgan fingerprint density at radius 1 is 1.21 bits per heavy atom. The SMILES string of the molecule is O=C(c1ccccc1Cl)N1CCOC[C@@]12CCOC2. The Kier molecular flexibility index (Phi) is 3.48. The van der Waals surface area contributed by atoms with Gasteiger partial charge in [0, 0.05) is 13.2 Å². The molecule has 4 nitrogen and oxygen atoms in total. The summed E-state index contributed by atoms with van der Waals surface area (Å²) >= 11 is 6.12. The summed E-state index contributed by atoms with van der Waals surface area (Å²) < 4.78 is 11.0. The average molecular weight is 282 g/mol. The first kappa shape index (κ1) is 12.9. The lowest BCUT2D eigenvalue weighted by Gasteiger charge is -2.43. The van der Waals surface area contributed by atoms with E-state index in [-0.39, 0.29) is 11.4 Å². The highest BCUT2D eigenvalue weighted by atomic mass is 35.5. The Labute approximate surface area is 117 Å². The van der Waals surface area contributed by atoms with Gasteiger partial charge < -0.3 is 14.4 Å². The van der Waals surface area contributed by atoms with Crippen LogP contribution in [0.1, 0.15) is 16.8 Å². The minimum Gasteiger partial charge on any atom is -0.379 e. The lowest BCUT2D eigenvalue weighted by Crippen LogP contribution is -2.59.